The van der Waals surface area contributed by atoms with Gasteiger partial charge in [-0.1, -0.05) is 46.3 Å². The zero-order valence-electron chi connectivity index (χ0n) is 8.98. The normalized spacial score (nSPS) is 14.8. The minimum Gasteiger partial charge on any atom is -0.389 e. The smallest absolute Gasteiger partial charge is 0.131 e. The van der Waals surface area contributed by atoms with Gasteiger partial charge in [0.15, 0.2) is 0 Å². The van der Waals surface area contributed by atoms with Crippen LogP contribution in [0.2, 0.25) is 0 Å². The Bertz CT molecular complexity index is 530. The molecule has 0 fully saturated rings. The second kappa shape index (κ2) is 5.12. The molecule has 0 spiro atoms. The topological polar surface area (TPSA) is 40.5 Å². The predicted molar refractivity (Wildman–Crippen MR) is 68.7 cm³/mol. The highest BCUT2D eigenvalue weighted by molar-refractivity contribution is 9.09. The average Bonchev–Trinajstić information content (AvgIpc) is 2.38. The molecule has 17 heavy (non-hydrogen) atoms. The molecule has 2 atom stereocenters. The average molecular weight is 299 g/mol. The molecule has 0 aliphatic heterocycles. The van der Waals surface area contributed by atoms with Crippen LogP contribution in [0.3, 0.4) is 0 Å². The zero-order chi connectivity index (χ0) is 12.4. The number of hydrogen-bond acceptors (Lipinski definition) is 2. The van der Waals surface area contributed by atoms with Gasteiger partial charge < -0.3 is 10.2 Å². The van der Waals surface area contributed by atoms with Crippen LogP contribution in [0.1, 0.15) is 11.7 Å². The lowest BCUT2D eigenvalue weighted by Crippen LogP contribution is -2.19. The molecular formula is C13H12BrFO2. The molecule has 2 unspecified atom stereocenters. The van der Waals surface area contributed by atoms with Gasteiger partial charge in [0.25, 0.3) is 0 Å². The molecule has 0 heterocycles. The van der Waals surface area contributed by atoms with E-state index in [1.807, 2.05) is 0 Å². The highest BCUT2D eigenvalue weighted by atomic mass is 79.9. The largest absolute Gasteiger partial charge is 0.389 e. The third-order valence-corrected chi connectivity index (χ3v) is 3.41. The number of rotatable bonds is 3. The van der Waals surface area contributed by atoms with Gasteiger partial charge >= 0.3 is 0 Å². The van der Waals surface area contributed by atoms with Crippen LogP contribution in [0, 0.1) is 5.82 Å². The van der Waals surface area contributed by atoms with Crippen molar-refractivity contribution in [3.05, 3.63) is 47.8 Å². The summed E-state index contributed by atoms with van der Waals surface area (Å²) in [5.41, 5.74) is 0.536. The Labute approximate surface area is 107 Å². The first-order valence-electron chi connectivity index (χ1n) is 5.24. The fourth-order valence-corrected chi connectivity index (χ4v) is 2.19. The number of benzene rings is 2. The first-order valence-corrected chi connectivity index (χ1v) is 6.36. The molecule has 2 N–H and O–H groups in total. The first kappa shape index (κ1) is 12.5. The lowest BCUT2D eigenvalue weighted by molar-refractivity contribution is 0.0352. The minimum absolute atomic E-state index is 0.264. The van der Waals surface area contributed by atoms with Gasteiger partial charge in [0.2, 0.25) is 0 Å². The molecule has 90 valence electrons. The standard InChI is InChI=1S/C13H12BrFO2/c14-7-12(16)13(17)10-5-6-11(15)9-4-2-1-3-8(9)10/h1-6,12-13,16-17H,7H2. The van der Waals surface area contributed by atoms with Crippen molar-refractivity contribution in [2.24, 2.45) is 0 Å². The highest BCUT2D eigenvalue weighted by Gasteiger charge is 2.19. The Kier molecular flexibility index (Phi) is 3.76. The molecule has 0 aliphatic rings. The fraction of sp³-hybridized carbons (Fsp3) is 0.231. The van der Waals surface area contributed by atoms with Crippen molar-refractivity contribution in [3.8, 4) is 0 Å². The molecule has 0 bridgehead atoms. The van der Waals surface area contributed by atoms with Crippen molar-refractivity contribution in [1.82, 2.24) is 0 Å². The van der Waals surface area contributed by atoms with Crippen LogP contribution in [-0.4, -0.2) is 21.6 Å². The van der Waals surface area contributed by atoms with Crippen LogP contribution in [0.4, 0.5) is 4.39 Å². The van der Waals surface area contributed by atoms with Crippen LogP contribution in [0.15, 0.2) is 36.4 Å². The molecule has 2 aromatic rings. The van der Waals surface area contributed by atoms with Crippen molar-refractivity contribution >= 4 is 26.7 Å². The molecule has 0 amide bonds. The Balaban J connectivity index is 2.59. The Hall–Kier alpha value is -0.970. The van der Waals surface area contributed by atoms with Crippen LogP contribution in [-0.2, 0) is 0 Å². The lowest BCUT2D eigenvalue weighted by Gasteiger charge is -2.18. The van der Waals surface area contributed by atoms with E-state index in [2.05, 4.69) is 15.9 Å². The number of halogens is 2. The molecule has 2 aromatic carbocycles. The predicted octanol–water partition coefficient (Wildman–Crippen LogP) is 2.77. The third-order valence-electron chi connectivity index (χ3n) is 2.75. The maximum Gasteiger partial charge on any atom is 0.131 e. The second-order valence-electron chi connectivity index (χ2n) is 3.85. The summed E-state index contributed by atoms with van der Waals surface area (Å²) in [5.74, 6) is -0.329. The summed E-state index contributed by atoms with van der Waals surface area (Å²) in [4.78, 5) is 0. The SMILES string of the molecule is OC(CBr)C(O)c1ccc(F)c2ccccc12. The third kappa shape index (κ3) is 2.34. The van der Waals surface area contributed by atoms with E-state index in [9.17, 15) is 14.6 Å². The molecule has 4 heteroatoms. The van der Waals surface area contributed by atoms with Crippen LogP contribution in [0.25, 0.3) is 10.8 Å². The second-order valence-corrected chi connectivity index (χ2v) is 4.50. The van der Waals surface area contributed by atoms with E-state index in [0.29, 0.717) is 16.3 Å². The molecule has 0 radical (unpaired) electrons. The van der Waals surface area contributed by atoms with Crippen LogP contribution < -0.4 is 0 Å². The van der Waals surface area contributed by atoms with Crippen molar-refractivity contribution in [2.75, 3.05) is 5.33 Å². The van der Waals surface area contributed by atoms with Gasteiger partial charge in [-0.2, -0.15) is 0 Å². The van der Waals surface area contributed by atoms with E-state index in [4.69, 9.17) is 0 Å². The number of aliphatic hydroxyl groups is 2. The molecule has 0 saturated carbocycles. The molecule has 2 rings (SSSR count). The summed E-state index contributed by atoms with van der Waals surface area (Å²) in [6.45, 7) is 0. The van der Waals surface area contributed by atoms with Crippen molar-refractivity contribution in [2.45, 2.75) is 12.2 Å². The van der Waals surface area contributed by atoms with Crippen LogP contribution >= 0.6 is 15.9 Å². The van der Waals surface area contributed by atoms with Gasteiger partial charge in [-0.25, -0.2) is 4.39 Å². The Morgan fingerprint density at radius 3 is 2.35 bits per heavy atom. The van der Waals surface area contributed by atoms with Gasteiger partial charge in [0.1, 0.15) is 11.9 Å². The first-order chi connectivity index (χ1) is 8.15. The lowest BCUT2D eigenvalue weighted by atomic mass is 9.97. The molecule has 2 nitrogen and oxygen atoms in total. The zero-order valence-corrected chi connectivity index (χ0v) is 10.6. The summed E-state index contributed by atoms with van der Waals surface area (Å²) in [7, 11) is 0. The van der Waals surface area contributed by atoms with Gasteiger partial charge in [-0.3, -0.25) is 0 Å². The van der Waals surface area contributed by atoms with E-state index in [0.717, 1.165) is 0 Å². The molecule has 0 aromatic heterocycles. The van der Waals surface area contributed by atoms with Crippen molar-refractivity contribution in [1.29, 1.82) is 0 Å². The van der Waals surface area contributed by atoms with Gasteiger partial charge in [-0.15, -0.1) is 0 Å². The maximum absolute atomic E-state index is 13.6. The van der Waals surface area contributed by atoms with E-state index in [1.54, 1.807) is 24.3 Å². The van der Waals surface area contributed by atoms with E-state index < -0.39 is 12.2 Å². The van der Waals surface area contributed by atoms with Crippen molar-refractivity contribution < 1.29 is 14.6 Å². The summed E-state index contributed by atoms with van der Waals surface area (Å²) in [5, 5.41) is 20.9. The quantitative estimate of drug-likeness (QED) is 0.856. The Morgan fingerprint density at radius 1 is 1.06 bits per heavy atom. The van der Waals surface area contributed by atoms with E-state index >= 15 is 0 Å². The summed E-state index contributed by atoms with van der Waals surface area (Å²) >= 11 is 3.11. The van der Waals surface area contributed by atoms with E-state index in [-0.39, 0.29) is 11.1 Å². The van der Waals surface area contributed by atoms with Gasteiger partial charge in [0.05, 0.1) is 6.10 Å². The monoisotopic (exact) mass is 298 g/mol. The number of hydrogen-bond donors (Lipinski definition) is 2. The van der Waals surface area contributed by atoms with Gasteiger partial charge in [0, 0.05) is 10.7 Å². The van der Waals surface area contributed by atoms with Gasteiger partial charge in [-0.05, 0) is 17.0 Å². The minimum atomic E-state index is -1.03. The highest BCUT2D eigenvalue weighted by Crippen LogP contribution is 2.28. The molecule has 0 saturated heterocycles. The Morgan fingerprint density at radius 2 is 1.71 bits per heavy atom. The number of fused-ring (bicyclic) bond motifs is 1. The van der Waals surface area contributed by atoms with Crippen LogP contribution in [0.5, 0.6) is 0 Å². The summed E-state index contributed by atoms with van der Waals surface area (Å²) in [6, 6.07) is 9.72. The maximum atomic E-state index is 13.6. The molecule has 0 aliphatic carbocycles. The summed E-state index contributed by atoms with van der Waals surface area (Å²) < 4.78 is 13.6. The molecular weight excluding hydrogens is 287 g/mol. The summed E-state index contributed by atoms with van der Waals surface area (Å²) in [6.07, 6.45) is -1.94. The number of alkyl halides is 1. The van der Waals surface area contributed by atoms with Crippen molar-refractivity contribution in [3.63, 3.8) is 0 Å². The number of aliphatic hydroxyl groups excluding tert-OH is 2. The fourth-order valence-electron chi connectivity index (χ4n) is 1.84. The van der Waals surface area contributed by atoms with E-state index in [1.165, 1.54) is 12.1 Å².